The summed E-state index contributed by atoms with van der Waals surface area (Å²) in [5.74, 6) is -5.79. The Hall–Kier alpha value is -4.93. The third-order valence-electron chi connectivity index (χ3n) is 11.0. The zero-order valence-electron chi connectivity index (χ0n) is 42.5. The summed E-state index contributed by atoms with van der Waals surface area (Å²) in [6.45, 7) is 4.67. The molecule has 71 heavy (non-hydrogen) atoms. The van der Waals surface area contributed by atoms with Crippen molar-refractivity contribution in [3.63, 3.8) is 0 Å². The fourth-order valence-corrected chi connectivity index (χ4v) is 6.93. The van der Waals surface area contributed by atoms with Crippen LogP contribution in [-0.2, 0) is 62.1 Å². The largest absolute Gasteiger partial charge is 0.481 e. The first-order valence-electron chi connectivity index (χ1n) is 25.9. The number of carboxylic acids is 3. The highest BCUT2D eigenvalue weighted by molar-refractivity contribution is 5.86. The lowest BCUT2D eigenvalue weighted by molar-refractivity contribution is -0.143. The molecule has 0 heterocycles. The Kier molecular flexibility index (Phi) is 44.1. The highest BCUT2D eigenvalue weighted by Crippen LogP contribution is 2.14. The van der Waals surface area contributed by atoms with E-state index in [0.717, 1.165) is 77.0 Å². The van der Waals surface area contributed by atoms with Crippen LogP contribution in [0, 0.1) is 0 Å². The molecule has 0 unspecified atom stereocenters. The Bertz CT molecular complexity index is 1490. The lowest BCUT2D eigenvalue weighted by Crippen LogP contribution is -2.44. The van der Waals surface area contributed by atoms with Gasteiger partial charge in [0.05, 0.1) is 39.6 Å². The van der Waals surface area contributed by atoms with Gasteiger partial charge < -0.3 is 66.2 Å². The van der Waals surface area contributed by atoms with E-state index in [1.54, 1.807) is 0 Å². The number of hydrogen-bond donors (Lipinski definition) is 9. The van der Waals surface area contributed by atoms with Crippen LogP contribution in [0.3, 0.4) is 0 Å². The van der Waals surface area contributed by atoms with Crippen molar-refractivity contribution in [2.75, 3.05) is 79.0 Å². The highest BCUT2D eigenvalue weighted by atomic mass is 16.5. The summed E-state index contributed by atoms with van der Waals surface area (Å²) >= 11 is 0. The molecule has 0 aliphatic carbocycles. The minimum Gasteiger partial charge on any atom is -0.481 e. The zero-order chi connectivity index (χ0) is 52.6. The second-order valence-corrected chi connectivity index (χ2v) is 17.4. The molecule has 0 bridgehead atoms. The molecule has 0 saturated carbocycles. The molecule has 0 aromatic heterocycles. The average molecular weight is 1020 g/mol. The number of ether oxygens (including phenoxy) is 4. The summed E-state index contributed by atoms with van der Waals surface area (Å²) in [4.78, 5) is 107. The van der Waals surface area contributed by atoms with Gasteiger partial charge in [-0.1, -0.05) is 96.8 Å². The molecule has 2 atom stereocenters. The maximum atomic E-state index is 12.5. The number of rotatable bonds is 51. The normalized spacial score (nSPS) is 11.8. The van der Waals surface area contributed by atoms with Gasteiger partial charge in [0.2, 0.25) is 35.4 Å². The van der Waals surface area contributed by atoms with Crippen molar-refractivity contribution >= 4 is 53.4 Å². The molecular weight excluding hydrogens is 929 g/mol. The number of carbonyl (C=O) groups excluding carboxylic acids is 6. The van der Waals surface area contributed by atoms with Gasteiger partial charge in [-0.2, -0.15) is 0 Å². The molecule has 0 rings (SSSR count). The van der Waals surface area contributed by atoms with E-state index in [2.05, 4.69) is 38.8 Å². The Morgan fingerprint density at radius 2 is 0.704 bits per heavy atom. The van der Waals surface area contributed by atoms with Gasteiger partial charge in [0.25, 0.3) is 0 Å². The van der Waals surface area contributed by atoms with Crippen LogP contribution in [0.2, 0.25) is 0 Å². The Labute approximate surface area is 420 Å². The molecule has 0 aliphatic rings. The molecule has 0 radical (unpaired) electrons. The first kappa shape index (κ1) is 66.1. The van der Waals surface area contributed by atoms with Crippen LogP contribution in [0.15, 0.2) is 0 Å². The number of unbranched alkanes of at least 4 members (excludes halogenated alkanes) is 15. The molecule has 0 fully saturated rings. The standard InChI is InChI=1S/C49H88N6O16/c1-2-3-18-27-51-45(60)37-70-35-34-69-32-30-53-46(61)38-71-36-33-68-31-29-52-41(56)21-19-28-50-42(57)25-23-39(48(64)65)55-44(59)26-24-40(49(66)67)54-43(58)20-16-14-12-10-8-6-4-5-7-9-11-13-15-17-22-47(62)63/h39-40H,2-38H2,1H3,(H,50,57)(H,51,60)(H,52,56)(H,53,61)(H,54,58)(H,55,59)(H,62,63)(H,64,65)(H,66,67)/t39-,40-/m0/s1. The minimum atomic E-state index is -1.40. The van der Waals surface area contributed by atoms with E-state index in [1.165, 1.54) is 25.7 Å². The Morgan fingerprint density at radius 1 is 0.352 bits per heavy atom. The summed E-state index contributed by atoms with van der Waals surface area (Å²) in [7, 11) is 0. The van der Waals surface area contributed by atoms with Crippen molar-refractivity contribution in [2.24, 2.45) is 0 Å². The first-order chi connectivity index (χ1) is 34.2. The third-order valence-corrected chi connectivity index (χ3v) is 11.0. The minimum absolute atomic E-state index is 0.0221. The fourth-order valence-electron chi connectivity index (χ4n) is 6.93. The van der Waals surface area contributed by atoms with Gasteiger partial charge in [-0.25, -0.2) is 9.59 Å². The summed E-state index contributed by atoms with van der Waals surface area (Å²) < 4.78 is 21.3. The van der Waals surface area contributed by atoms with Crippen LogP contribution in [0.25, 0.3) is 0 Å². The van der Waals surface area contributed by atoms with Crippen LogP contribution in [0.4, 0.5) is 0 Å². The van der Waals surface area contributed by atoms with Crippen molar-refractivity contribution in [2.45, 2.75) is 180 Å². The van der Waals surface area contributed by atoms with Crippen molar-refractivity contribution in [1.29, 1.82) is 0 Å². The molecule has 6 amide bonds. The van der Waals surface area contributed by atoms with Crippen LogP contribution in [0.5, 0.6) is 0 Å². The molecule has 22 heteroatoms. The summed E-state index contributed by atoms with van der Waals surface area (Å²) in [5.41, 5.74) is 0. The molecule has 9 N–H and O–H groups in total. The van der Waals surface area contributed by atoms with E-state index in [4.69, 9.17) is 24.1 Å². The Balaban J connectivity index is 3.93. The summed E-state index contributed by atoms with van der Waals surface area (Å²) in [6, 6.07) is -2.72. The van der Waals surface area contributed by atoms with Gasteiger partial charge in [0.1, 0.15) is 25.3 Å². The number of aliphatic carboxylic acids is 3. The Morgan fingerprint density at radius 3 is 1.17 bits per heavy atom. The summed E-state index contributed by atoms with van der Waals surface area (Å²) in [5, 5.41) is 43.3. The van der Waals surface area contributed by atoms with Gasteiger partial charge in [-0.3, -0.25) is 33.6 Å². The van der Waals surface area contributed by atoms with E-state index < -0.39 is 47.7 Å². The van der Waals surface area contributed by atoms with E-state index in [0.29, 0.717) is 26.0 Å². The van der Waals surface area contributed by atoms with Crippen molar-refractivity contribution in [1.82, 2.24) is 31.9 Å². The zero-order valence-corrected chi connectivity index (χ0v) is 42.5. The number of carbonyl (C=O) groups is 9. The number of carboxylic acid groups (broad SMARTS) is 3. The van der Waals surface area contributed by atoms with E-state index >= 15 is 0 Å². The smallest absolute Gasteiger partial charge is 0.326 e. The highest BCUT2D eigenvalue weighted by Gasteiger charge is 2.24. The van der Waals surface area contributed by atoms with Crippen LogP contribution >= 0.6 is 0 Å². The van der Waals surface area contributed by atoms with E-state index in [-0.39, 0.29) is 129 Å². The number of hydrogen-bond acceptors (Lipinski definition) is 13. The third kappa shape index (κ3) is 45.9. The molecule has 22 nitrogen and oxygen atoms in total. The SMILES string of the molecule is CCCCCNC(=O)COCCOCCNC(=O)COCCOCCNC(=O)CCCNC(=O)CC[C@H](NC(=O)CC[C@H](NC(=O)CCCCCCCCCCCCCCCCC(=O)O)C(=O)O)C(=O)O. The fraction of sp³-hybridized carbons (Fsp3) is 0.816. The van der Waals surface area contributed by atoms with Gasteiger partial charge in [-0.05, 0) is 38.5 Å². The molecular formula is C49H88N6O16. The van der Waals surface area contributed by atoms with Crippen molar-refractivity contribution < 1.29 is 77.4 Å². The molecule has 0 aromatic carbocycles. The number of amides is 6. The quantitative estimate of drug-likeness (QED) is 0.0394. The van der Waals surface area contributed by atoms with Crippen LogP contribution in [0.1, 0.15) is 167 Å². The maximum Gasteiger partial charge on any atom is 0.326 e. The topological polar surface area (TPSA) is 323 Å². The van der Waals surface area contributed by atoms with Crippen LogP contribution in [-0.4, -0.2) is 160 Å². The van der Waals surface area contributed by atoms with E-state index in [1.807, 2.05) is 0 Å². The van der Waals surface area contributed by atoms with Gasteiger partial charge in [0, 0.05) is 58.3 Å². The molecule has 0 spiro atoms. The van der Waals surface area contributed by atoms with Crippen molar-refractivity contribution in [3.05, 3.63) is 0 Å². The maximum absolute atomic E-state index is 12.5. The lowest BCUT2D eigenvalue weighted by Gasteiger charge is -2.17. The van der Waals surface area contributed by atoms with Gasteiger partial charge >= 0.3 is 17.9 Å². The van der Waals surface area contributed by atoms with Crippen LogP contribution < -0.4 is 31.9 Å². The van der Waals surface area contributed by atoms with Gasteiger partial charge in [0.15, 0.2) is 0 Å². The second-order valence-electron chi connectivity index (χ2n) is 17.4. The number of nitrogens with one attached hydrogen (secondary N) is 6. The van der Waals surface area contributed by atoms with Gasteiger partial charge in [-0.15, -0.1) is 0 Å². The molecule has 0 saturated heterocycles. The molecule has 410 valence electrons. The second kappa shape index (κ2) is 47.4. The first-order valence-corrected chi connectivity index (χ1v) is 25.9. The molecule has 0 aliphatic heterocycles. The van der Waals surface area contributed by atoms with Crippen molar-refractivity contribution in [3.8, 4) is 0 Å². The molecule has 0 aromatic rings. The predicted octanol–water partition coefficient (Wildman–Crippen LogP) is 3.51. The lowest BCUT2D eigenvalue weighted by atomic mass is 10.0. The predicted molar refractivity (Wildman–Crippen MR) is 263 cm³/mol. The average Bonchev–Trinajstić information content (AvgIpc) is 3.33. The summed E-state index contributed by atoms with van der Waals surface area (Å²) in [6.07, 6.45) is 17.4. The van der Waals surface area contributed by atoms with E-state index in [9.17, 15) is 53.4 Å². The monoisotopic (exact) mass is 1020 g/mol.